The van der Waals surface area contributed by atoms with E-state index in [1.165, 1.54) is 11.0 Å². The molecule has 0 saturated heterocycles. The molecule has 0 spiro atoms. The second-order valence-corrected chi connectivity index (χ2v) is 6.18. The van der Waals surface area contributed by atoms with Crippen LogP contribution in [0.3, 0.4) is 0 Å². The minimum atomic E-state index is -3.90. The van der Waals surface area contributed by atoms with Gasteiger partial charge >= 0.3 is 0 Å². The van der Waals surface area contributed by atoms with Crippen LogP contribution in [0.25, 0.3) is 0 Å². The van der Waals surface area contributed by atoms with E-state index in [1.807, 2.05) is 6.92 Å². The molecule has 1 aromatic rings. The number of amides is 1. The van der Waals surface area contributed by atoms with Crippen molar-refractivity contribution in [2.24, 2.45) is 5.14 Å². The normalized spacial score (nSPS) is 11.2. The smallest absolute Gasteiger partial charge is 0.260 e. The fourth-order valence-corrected chi connectivity index (χ4v) is 2.56. The highest BCUT2D eigenvalue weighted by Gasteiger charge is 2.19. The first kappa shape index (κ1) is 16.5. The molecule has 0 fully saturated rings. The molecule has 0 radical (unpaired) electrons. The van der Waals surface area contributed by atoms with Crippen LogP contribution in [0.1, 0.15) is 18.1 Å². The maximum atomic E-state index is 11.7. The summed E-state index contributed by atoms with van der Waals surface area (Å²) in [6, 6.07) is 3.21. The van der Waals surface area contributed by atoms with Crippen molar-refractivity contribution < 1.29 is 17.9 Å². The van der Waals surface area contributed by atoms with Crippen LogP contribution in [0.5, 0.6) is 5.75 Å². The quantitative estimate of drug-likeness (QED) is 0.871. The first-order valence-corrected chi connectivity index (χ1v) is 7.72. The minimum absolute atomic E-state index is 0.0954. The van der Waals surface area contributed by atoms with Crippen LogP contribution >= 0.6 is 0 Å². The third kappa shape index (κ3) is 3.94. The number of sulfonamides is 1. The Morgan fingerprint density at radius 2 is 1.95 bits per heavy atom. The van der Waals surface area contributed by atoms with Crippen LogP contribution in [-0.4, -0.2) is 39.4 Å². The third-order valence-corrected chi connectivity index (χ3v) is 3.85. The highest BCUT2D eigenvalue weighted by Crippen LogP contribution is 2.28. The van der Waals surface area contributed by atoms with E-state index in [0.717, 1.165) is 5.56 Å². The number of benzene rings is 1. The number of aryl methyl sites for hydroxylation is 2. The van der Waals surface area contributed by atoms with E-state index in [-0.39, 0.29) is 23.2 Å². The molecule has 0 aliphatic rings. The summed E-state index contributed by atoms with van der Waals surface area (Å²) in [5, 5.41) is 5.18. The van der Waals surface area contributed by atoms with E-state index in [9.17, 15) is 13.2 Å². The van der Waals surface area contributed by atoms with Gasteiger partial charge in [-0.2, -0.15) is 0 Å². The van der Waals surface area contributed by atoms with Gasteiger partial charge < -0.3 is 9.64 Å². The lowest BCUT2D eigenvalue weighted by Crippen LogP contribution is -2.31. The molecule has 0 aromatic heterocycles. The Morgan fingerprint density at radius 3 is 2.45 bits per heavy atom. The first-order valence-electron chi connectivity index (χ1n) is 6.17. The number of nitrogens with zero attached hydrogens (tertiary/aromatic N) is 1. The Kier molecular flexibility index (Phi) is 5.13. The van der Waals surface area contributed by atoms with Gasteiger partial charge in [0.25, 0.3) is 5.91 Å². The van der Waals surface area contributed by atoms with Crippen molar-refractivity contribution in [3.05, 3.63) is 23.3 Å². The molecule has 1 amide bonds. The van der Waals surface area contributed by atoms with Crippen molar-refractivity contribution >= 4 is 15.9 Å². The Balaban J connectivity index is 3.09. The second-order valence-electron chi connectivity index (χ2n) is 4.65. The lowest BCUT2D eigenvalue weighted by Gasteiger charge is -2.17. The molecule has 112 valence electrons. The van der Waals surface area contributed by atoms with Crippen molar-refractivity contribution in [1.29, 1.82) is 0 Å². The van der Waals surface area contributed by atoms with Gasteiger partial charge in [0.1, 0.15) is 10.6 Å². The molecule has 1 aromatic carbocycles. The lowest BCUT2D eigenvalue weighted by molar-refractivity contribution is -0.131. The predicted molar refractivity (Wildman–Crippen MR) is 76.1 cm³/mol. The number of likely N-dealkylation sites (N-methyl/N-ethyl adjacent to an activating group) is 1. The standard InChI is InChI=1S/C13H20N2O4S/c1-5-15(4)12(16)8-19-13-10(3)6-9(2)7-11(13)20(14,17)18/h6-7H,5,8H2,1-4H3,(H2,14,17,18). The Labute approximate surface area is 119 Å². The molecule has 0 heterocycles. The average molecular weight is 300 g/mol. The highest BCUT2D eigenvalue weighted by atomic mass is 32.2. The molecule has 0 atom stereocenters. The van der Waals surface area contributed by atoms with Crippen molar-refractivity contribution in [2.45, 2.75) is 25.7 Å². The van der Waals surface area contributed by atoms with Crippen molar-refractivity contribution in [3.8, 4) is 5.75 Å². The maximum Gasteiger partial charge on any atom is 0.260 e. The van der Waals surface area contributed by atoms with Crippen LogP contribution in [0.4, 0.5) is 0 Å². The Bertz CT molecular complexity index is 611. The van der Waals surface area contributed by atoms with Crippen LogP contribution in [-0.2, 0) is 14.8 Å². The van der Waals surface area contributed by atoms with E-state index < -0.39 is 10.0 Å². The lowest BCUT2D eigenvalue weighted by atomic mass is 10.1. The van der Waals surface area contributed by atoms with E-state index >= 15 is 0 Å². The number of ether oxygens (including phenoxy) is 1. The third-order valence-electron chi connectivity index (χ3n) is 2.93. The van der Waals surface area contributed by atoms with E-state index in [0.29, 0.717) is 12.1 Å². The molecule has 0 saturated carbocycles. The van der Waals surface area contributed by atoms with E-state index in [2.05, 4.69) is 0 Å². The molecule has 6 nitrogen and oxygen atoms in total. The molecule has 0 aliphatic heterocycles. The van der Waals surface area contributed by atoms with Crippen molar-refractivity contribution in [2.75, 3.05) is 20.2 Å². The van der Waals surface area contributed by atoms with Gasteiger partial charge in [0, 0.05) is 13.6 Å². The van der Waals surface area contributed by atoms with Crippen LogP contribution in [0.2, 0.25) is 0 Å². The topological polar surface area (TPSA) is 89.7 Å². The summed E-state index contributed by atoms with van der Waals surface area (Å²) < 4.78 is 28.6. The van der Waals surface area contributed by atoms with Crippen LogP contribution in [0.15, 0.2) is 17.0 Å². The predicted octanol–water partition coefficient (Wildman–Crippen LogP) is 0.808. The molecule has 2 N–H and O–H groups in total. The fourth-order valence-electron chi connectivity index (χ4n) is 1.73. The highest BCUT2D eigenvalue weighted by molar-refractivity contribution is 7.89. The summed E-state index contributed by atoms with van der Waals surface area (Å²) >= 11 is 0. The number of carbonyl (C=O) groups is 1. The van der Waals surface area contributed by atoms with Gasteiger partial charge in [-0.15, -0.1) is 0 Å². The van der Waals surface area contributed by atoms with Gasteiger partial charge in [0.2, 0.25) is 10.0 Å². The Morgan fingerprint density at radius 1 is 1.35 bits per heavy atom. The van der Waals surface area contributed by atoms with E-state index in [4.69, 9.17) is 9.88 Å². The number of hydrogen-bond acceptors (Lipinski definition) is 4. The fraction of sp³-hybridized carbons (Fsp3) is 0.462. The van der Waals surface area contributed by atoms with Gasteiger partial charge in [-0.1, -0.05) is 6.07 Å². The number of rotatable bonds is 5. The van der Waals surface area contributed by atoms with Crippen LogP contribution in [0, 0.1) is 13.8 Å². The van der Waals surface area contributed by atoms with E-state index in [1.54, 1.807) is 27.0 Å². The zero-order chi connectivity index (χ0) is 15.5. The number of primary sulfonamides is 1. The van der Waals surface area contributed by atoms with Gasteiger partial charge in [-0.25, -0.2) is 13.6 Å². The van der Waals surface area contributed by atoms with Gasteiger partial charge in [-0.3, -0.25) is 4.79 Å². The van der Waals surface area contributed by atoms with Gasteiger partial charge in [0.15, 0.2) is 6.61 Å². The molecule has 7 heteroatoms. The van der Waals surface area contributed by atoms with Crippen LogP contribution < -0.4 is 9.88 Å². The number of hydrogen-bond donors (Lipinski definition) is 1. The summed E-state index contributed by atoms with van der Waals surface area (Å²) in [7, 11) is -2.25. The largest absolute Gasteiger partial charge is 0.482 e. The molecule has 0 bridgehead atoms. The van der Waals surface area contributed by atoms with Gasteiger partial charge in [-0.05, 0) is 38.0 Å². The van der Waals surface area contributed by atoms with Crippen molar-refractivity contribution in [1.82, 2.24) is 4.90 Å². The zero-order valence-corrected chi connectivity index (χ0v) is 13.0. The maximum absolute atomic E-state index is 11.7. The molecule has 20 heavy (non-hydrogen) atoms. The van der Waals surface area contributed by atoms with Gasteiger partial charge in [0.05, 0.1) is 0 Å². The monoisotopic (exact) mass is 300 g/mol. The number of carbonyl (C=O) groups excluding carboxylic acids is 1. The average Bonchev–Trinajstić information content (AvgIpc) is 2.34. The summed E-state index contributed by atoms with van der Waals surface area (Å²) in [5.41, 5.74) is 1.39. The number of nitrogens with two attached hydrogens (primary N) is 1. The molecular formula is C13H20N2O4S. The second kappa shape index (κ2) is 6.23. The Hall–Kier alpha value is -1.60. The molecular weight excluding hydrogens is 280 g/mol. The summed E-state index contributed by atoms with van der Waals surface area (Å²) in [5.74, 6) is -0.0937. The zero-order valence-electron chi connectivity index (χ0n) is 12.1. The molecule has 0 unspecified atom stereocenters. The SMILES string of the molecule is CCN(C)C(=O)COc1c(C)cc(C)cc1S(N)(=O)=O. The molecule has 1 rings (SSSR count). The summed E-state index contributed by atoms with van der Waals surface area (Å²) in [4.78, 5) is 13.1. The summed E-state index contributed by atoms with van der Waals surface area (Å²) in [6.07, 6.45) is 0. The molecule has 0 aliphatic carbocycles. The first-order chi connectivity index (χ1) is 9.16. The minimum Gasteiger partial charge on any atom is -0.482 e. The summed E-state index contributed by atoms with van der Waals surface area (Å²) in [6.45, 7) is 5.64. The van der Waals surface area contributed by atoms with Crippen molar-refractivity contribution in [3.63, 3.8) is 0 Å².